The van der Waals surface area contributed by atoms with Gasteiger partial charge in [-0.3, -0.25) is 14.9 Å². The van der Waals surface area contributed by atoms with Crippen molar-refractivity contribution in [3.63, 3.8) is 0 Å². The number of hydrogen-bond donors (Lipinski definition) is 0. The van der Waals surface area contributed by atoms with Crippen LogP contribution in [0.3, 0.4) is 0 Å². The summed E-state index contributed by atoms with van der Waals surface area (Å²) in [7, 11) is -3.12. The van der Waals surface area contributed by atoms with Crippen LogP contribution in [-0.4, -0.2) is 61.3 Å². The van der Waals surface area contributed by atoms with E-state index in [0.717, 1.165) is 32.4 Å². The highest BCUT2D eigenvalue weighted by molar-refractivity contribution is 7.91. The molecule has 1 atom stereocenters. The third kappa shape index (κ3) is 4.23. The van der Waals surface area contributed by atoms with E-state index in [-0.39, 0.29) is 34.7 Å². The van der Waals surface area contributed by atoms with Crippen molar-refractivity contribution in [2.45, 2.75) is 38.6 Å². The Morgan fingerprint density at radius 3 is 2.56 bits per heavy atom. The maximum atomic E-state index is 12.9. The van der Waals surface area contributed by atoms with Crippen LogP contribution in [0.5, 0.6) is 0 Å². The average molecular weight is 395 g/mol. The minimum Gasteiger partial charge on any atom is -0.366 e. The number of benzene rings is 1. The molecule has 2 heterocycles. The molecule has 1 amide bonds. The molecule has 27 heavy (non-hydrogen) atoms. The first-order chi connectivity index (χ1) is 12.8. The van der Waals surface area contributed by atoms with E-state index in [1.165, 1.54) is 11.0 Å². The van der Waals surface area contributed by atoms with E-state index in [9.17, 15) is 23.3 Å². The van der Waals surface area contributed by atoms with Crippen LogP contribution in [0.15, 0.2) is 18.2 Å². The molecule has 0 aliphatic carbocycles. The van der Waals surface area contributed by atoms with Crippen LogP contribution < -0.4 is 4.90 Å². The first-order valence-electron chi connectivity index (χ1n) is 9.37. The molecule has 0 bridgehead atoms. The molecule has 148 valence electrons. The summed E-state index contributed by atoms with van der Waals surface area (Å²) in [6, 6.07) is 4.23. The molecule has 1 aromatic rings. The van der Waals surface area contributed by atoms with Gasteiger partial charge in [0.2, 0.25) is 0 Å². The first kappa shape index (κ1) is 19.6. The number of anilines is 1. The Hall–Kier alpha value is -2.16. The normalized spacial score (nSPS) is 21.8. The maximum Gasteiger partial charge on any atom is 0.293 e. The summed E-state index contributed by atoms with van der Waals surface area (Å²) in [6.07, 6.45) is 3.53. The predicted molar refractivity (Wildman–Crippen MR) is 103 cm³/mol. The lowest BCUT2D eigenvalue weighted by atomic mass is 10.1. The van der Waals surface area contributed by atoms with Crippen LogP contribution >= 0.6 is 0 Å². The van der Waals surface area contributed by atoms with E-state index in [4.69, 9.17) is 0 Å². The van der Waals surface area contributed by atoms with E-state index in [1.54, 1.807) is 19.1 Å². The van der Waals surface area contributed by atoms with Gasteiger partial charge in [0.25, 0.3) is 11.6 Å². The van der Waals surface area contributed by atoms with Crippen molar-refractivity contribution in [1.29, 1.82) is 0 Å². The number of hydrogen-bond acceptors (Lipinski definition) is 6. The third-order valence-corrected chi connectivity index (χ3v) is 7.12. The fraction of sp³-hybridized carbons (Fsp3) is 0.611. The quantitative estimate of drug-likeness (QED) is 0.560. The van der Waals surface area contributed by atoms with Gasteiger partial charge in [0.05, 0.1) is 16.4 Å². The highest BCUT2D eigenvalue weighted by Gasteiger charge is 2.35. The van der Waals surface area contributed by atoms with Crippen LogP contribution in [0.4, 0.5) is 11.4 Å². The van der Waals surface area contributed by atoms with Gasteiger partial charge in [0.1, 0.15) is 5.69 Å². The van der Waals surface area contributed by atoms with E-state index < -0.39 is 14.8 Å². The van der Waals surface area contributed by atoms with E-state index >= 15 is 0 Å². The number of nitro groups is 1. The third-order valence-electron chi connectivity index (χ3n) is 5.37. The average Bonchev–Trinajstić information content (AvgIpc) is 3.02. The lowest BCUT2D eigenvalue weighted by molar-refractivity contribution is -0.384. The molecule has 9 heteroatoms. The topological polar surface area (TPSA) is 101 Å². The lowest BCUT2D eigenvalue weighted by Gasteiger charge is -2.29. The molecule has 0 unspecified atom stereocenters. The number of sulfone groups is 1. The van der Waals surface area contributed by atoms with Crippen molar-refractivity contribution in [3.05, 3.63) is 33.9 Å². The molecule has 2 aliphatic rings. The second-order valence-electron chi connectivity index (χ2n) is 7.16. The van der Waals surface area contributed by atoms with Crippen molar-refractivity contribution in [2.75, 3.05) is 36.0 Å². The molecule has 2 saturated heterocycles. The van der Waals surface area contributed by atoms with Crippen LogP contribution in [0, 0.1) is 10.1 Å². The van der Waals surface area contributed by atoms with Gasteiger partial charge in [-0.15, -0.1) is 0 Å². The molecule has 3 rings (SSSR count). The van der Waals surface area contributed by atoms with Gasteiger partial charge in [0.15, 0.2) is 9.84 Å². The summed E-state index contributed by atoms with van der Waals surface area (Å²) in [6.45, 7) is 3.70. The zero-order valence-corrected chi connectivity index (χ0v) is 16.3. The highest BCUT2D eigenvalue weighted by atomic mass is 32.2. The van der Waals surface area contributed by atoms with Gasteiger partial charge in [-0.2, -0.15) is 0 Å². The number of carbonyl (C=O) groups is 1. The van der Waals surface area contributed by atoms with Gasteiger partial charge < -0.3 is 9.80 Å². The number of nitrogens with zero attached hydrogens (tertiary/aromatic N) is 3. The predicted octanol–water partition coefficient (Wildman–Crippen LogP) is 2.23. The first-order valence-corrected chi connectivity index (χ1v) is 11.2. The minimum atomic E-state index is -3.12. The van der Waals surface area contributed by atoms with Crippen LogP contribution in [0.25, 0.3) is 0 Å². The molecule has 0 spiro atoms. The Kier molecular flexibility index (Phi) is 5.69. The monoisotopic (exact) mass is 395 g/mol. The highest BCUT2D eigenvalue weighted by Crippen LogP contribution is 2.32. The zero-order valence-electron chi connectivity index (χ0n) is 15.5. The fourth-order valence-electron chi connectivity index (χ4n) is 3.96. The van der Waals surface area contributed by atoms with Gasteiger partial charge >= 0.3 is 0 Å². The fourth-order valence-corrected chi connectivity index (χ4v) is 5.69. The van der Waals surface area contributed by atoms with Crippen molar-refractivity contribution < 1.29 is 18.1 Å². The van der Waals surface area contributed by atoms with Gasteiger partial charge in [-0.25, -0.2) is 8.42 Å². The Morgan fingerprint density at radius 2 is 2.00 bits per heavy atom. The van der Waals surface area contributed by atoms with Crippen molar-refractivity contribution in [3.8, 4) is 0 Å². The van der Waals surface area contributed by atoms with Crippen LogP contribution in [-0.2, 0) is 9.84 Å². The Morgan fingerprint density at radius 1 is 1.30 bits per heavy atom. The van der Waals surface area contributed by atoms with Crippen molar-refractivity contribution >= 4 is 27.1 Å². The van der Waals surface area contributed by atoms with Crippen LogP contribution in [0.1, 0.15) is 43.0 Å². The molecule has 2 aliphatic heterocycles. The molecule has 0 aromatic heterocycles. The SMILES string of the molecule is CCN(C(=O)c1ccc(N2CCCCC2)c([N+](=O)[O-])c1)[C@H]1CCS(=O)(=O)C1. The molecule has 1 aromatic carbocycles. The Bertz CT molecular complexity index is 833. The summed E-state index contributed by atoms with van der Waals surface area (Å²) in [4.78, 5) is 27.6. The molecular formula is C18H25N3O5S. The summed E-state index contributed by atoms with van der Waals surface area (Å²) >= 11 is 0. The second kappa shape index (κ2) is 7.84. The number of rotatable bonds is 5. The summed E-state index contributed by atoms with van der Waals surface area (Å²) in [5, 5.41) is 11.6. The van der Waals surface area contributed by atoms with E-state index in [2.05, 4.69) is 0 Å². The van der Waals surface area contributed by atoms with Gasteiger partial charge in [-0.1, -0.05) is 0 Å². The lowest BCUT2D eigenvalue weighted by Crippen LogP contribution is -2.41. The minimum absolute atomic E-state index is 0.0411. The Labute approximate surface area is 159 Å². The van der Waals surface area contributed by atoms with Crippen LogP contribution in [0.2, 0.25) is 0 Å². The molecule has 2 fully saturated rings. The standard InChI is InChI=1S/C18H25N3O5S/c1-2-20(15-8-11-27(25,26)13-15)18(22)14-6-7-16(17(12-14)21(23)24)19-9-4-3-5-10-19/h6-7,12,15H,2-5,8-11,13H2,1H3/t15-/m0/s1. The van der Waals surface area contributed by atoms with E-state index in [1.807, 2.05) is 4.90 Å². The summed E-state index contributed by atoms with van der Waals surface area (Å²) in [5.74, 6) is -0.316. The van der Waals surface area contributed by atoms with Crippen molar-refractivity contribution in [2.24, 2.45) is 0 Å². The number of nitro benzene ring substituents is 1. The maximum absolute atomic E-state index is 12.9. The molecule has 0 radical (unpaired) electrons. The second-order valence-corrected chi connectivity index (χ2v) is 9.39. The van der Waals surface area contributed by atoms with Crippen molar-refractivity contribution in [1.82, 2.24) is 4.90 Å². The molecule has 0 saturated carbocycles. The number of piperidine rings is 1. The van der Waals surface area contributed by atoms with E-state index in [0.29, 0.717) is 18.7 Å². The van der Waals surface area contributed by atoms with Gasteiger partial charge in [-0.05, 0) is 44.7 Å². The Balaban J connectivity index is 1.88. The zero-order chi connectivity index (χ0) is 19.6. The molecule has 8 nitrogen and oxygen atoms in total. The van der Waals surface area contributed by atoms with Gasteiger partial charge in [0, 0.05) is 37.3 Å². The largest absolute Gasteiger partial charge is 0.366 e. The molecule has 0 N–H and O–H groups in total. The number of carbonyl (C=O) groups excluding carboxylic acids is 1. The smallest absolute Gasteiger partial charge is 0.293 e. The summed E-state index contributed by atoms with van der Waals surface area (Å²) < 4.78 is 23.5. The summed E-state index contributed by atoms with van der Waals surface area (Å²) in [5.41, 5.74) is 0.703. The molecular weight excluding hydrogens is 370 g/mol. The number of amides is 1.